The standard InChI is InChI=1S/C30H30N4O4/c1-19-6-4-8-23(14-19)34-13-12-33(18-20(34)2)30(37)22-10-11-25-26(16-22)32-29(36)27(31-25)17-28(35)21-7-5-9-24(15-21)38-3/h4-11,14-17,20,35H,12-13,18H2,1-3H3,(H,32,36)/t20-/m1/s1. The van der Waals surface area contributed by atoms with E-state index in [1.807, 2.05) is 4.90 Å². The number of benzene rings is 3. The molecule has 1 aromatic heterocycles. The minimum Gasteiger partial charge on any atom is -0.507 e. The zero-order chi connectivity index (χ0) is 26.8. The molecular formula is C30H30N4O4. The second-order valence-electron chi connectivity index (χ2n) is 9.58. The molecule has 0 aliphatic carbocycles. The third-order valence-electron chi connectivity index (χ3n) is 6.85. The van der Waals surface area contributed by atoms with Gasteiger partial charge in [-0.15, -0.1) is 0 Å². The third kappa shape index (κ3) is 5.11. The lowest BCUT2D eigenvalue weighted by Gasteiger charge is -2.41. The predicted molar refractivity (Wildman–Crippen MR) is 150 cm³/mol. The maximum atomic E-state index is 13.3. The van der Waals surface area contributed by atoms with E-state index in [1.54, 1.807) is 49.6 Å². The van der Waals surface area contributed by atoms with Crippen LogP contribution in [-0.4, -0.2) is 58.7 Å². The lowest BCUT2D eigenvalue weighted by atomic mass is 10.1. The predicted octanol–water partition coefficient (Wildman–Crippen LogP) is 4.65. The Kier molecular flexibility index (Phi) is 6.87. The van der Waals surface area contributed by atoms with E-state index in [0.717, 1.165) is 6.54 Å². The molecule has 194 valence electrons. The molecule has 0 bridgehead atoms. The largest absolute Gasteiger partial charge is 0.507 e. The van der Waals surface area contributed by atoms with Crippen LogP contribution in [0.15, 0.2) is 71.5 Å². The number of piperazine rings is 1. The normalized spacial score (nSPS) is 16.1. The molecule has 1 aliphatic rings. The number of fused-ring (bicyclic) bond motifs is 1. The molecule has 2 N–H and O–H groups in total. The van der Waals surface area contributed by atoms with Crippen molar-refractivity contribution in [2.45, 2.75) is 19.9 Å². The molecule has 8 heteroatoms. The zero-order valence-corrected chi connectivity index (χ0v) is 21.6. The molecular weight excluding hydrogens is 480 g/mol. The number of H-pyrrole nitrogens is 1. The van der Waals surface area contributed by atoms with Gasteiger partial charge in [0.15, 0.2) is 0 Å². The minimum absolute atomic E-state index is 0.0676. The summed E-state index contributed by atoms with van der Waals surface area (Å²) in [4.78, 5) is 37.5. The summed E-state index contributed by atoms with van der Waals surface area (Å²) < 4.78 is 5.19. The summed E-state index contributed by atoms with van der Waals surface area (Å²) in [6.45, 7) is 6.16. The lowest BCUT2D eigenvalue weighted by Crippen LogP contribution is -2.53. The molecule has 1 atom stereocenters. The van der Waals surface area contributed by atoms with Gasteiger partial charge < -0.3 is 24.6 Å². The van der Waals surface area contributed by atoms with Crippen molar-refractivity contribution in [1.29, 1.82) is 0 Å². The van der Waals surface area contributed by atoms with Gasteiger partial charge in [-0.05, 0) is 61.9 Å². The Balaban J connectivity index is 1.35. The summed E-state index contributed by atoms with van der Waals surface area (Å²) >= 11 is 0. The molecule has 0 saturated carbocycles. The van der Waals surface area contributed by atoms with E-state index >= 15 is 0 Å². The zero-order valence-electron chi connectivity index (χ0n) is 21.6. The molecule has 5 rings (SSSR count). The number of aliphatic hydroxyl groups excluding tert-OH is 1. The first-order valence-electron chi connectivity index (χ1n) is 12.5. The van der Waals surface area contributed by atoms with Crippen molar-refractivity contribution in [2.75, 3.05) is 31.6 Å². The van der Waals surface area contributed by atoms with Crippen LogP contribution in [0.2, 0.25) is 0 Å². The van der Waals surface area contributed by atoms with Crippen LogP contribution in [0, 0.1) is 6.92 Å². The van der Waals surface area contributed by atoms with Crippen LogP contribution in [0.4, 0.5) is 5.69 Å². The van der Waals surface area contributed by atoms with Gasteiger partial charge in [0, 0.05) is 48.6 Å². The fraction of sp³-hybridized carbons (Fsp3) is 0.233. The molecule has 0 radical (unpaired) electrons. The van der Waals surface area contributed by atoms with Gasteiger partial charge in [-0.2, -0.15) is 0 Å². The van der Waals surface area contributed by atoms with Crippen LogP contribution in [0.5, 0.6) is 5.75 Å². The van der Waals surface area contributed by atoms with Crippen LogP contribution in [0.1, 0.15) is 34.1 Å². The first-order chi connectivity index (χ1) is 18.3. The Morgan fingerprint density at radius 2 is 1.89 bits per heavy atom. The number of carbonyl (C=O) groups excluding carboxylic acids is 1. The van der Waals surface area contributed by atoms with E-state index in [2.05, 4.69) is 53.0 Å². The number of carbonyl (C=O) groups is 1. The van der Waals surface area contributed by atoms with Crippen LogP contribution in [0.25, 0.3) is 22.9 Å². The van der Waals surface area contributed by atoms with Crippen molar-refractivity contribution in [2.24, 2.45) is 0 Å². The second kappa shape index (κ2) is 10.4. The van der Waals surface area contributed by atoms with E-state index in [4.69, 9.17) is 4.74 Å². The number of hydrogen-bond donors (Lipinski definition) is 2. The molecule has 4 aromatic rings. The summed E-state index contributed by atoms with van der Waals surface area (Å²) in [6.07, 6.45) is 1.32. The number of aryl methyl sites for hydroxylation is 1. The number of hydrogen-bond acceptors (Lipinski definition) is 6. The van der Waals surface area contributed by atoms with Gasteiger partial charge in [0.1, 0.15) is 17.2 Å². The number of amides is 1. The quantitative estimate of drug-likeness (QED) is 0.380. The summed E-state index contributed by atoms with van der Waals surface area (Å²) in [5, 5.41) is 10.5. The van der Waals surface area contributed by atoms with Gasteiger partial charge in [-0.1, -0.05) is 24.3 Å². The average Bonchev–Trinajstić information content (AvgIpc) is 2.92. The molecule has 0 spiro atoms. The number of ether oxygens (including phenoxy) is 1. The van der Waals surface area contributed by atoms with Crippen molar-refractivity contribution >= 4 is 34.5 Å². The second-order valence-corrected chi connectivity index (χ2v) is 9.58. The Bertz CT molecular complexity index is 1590. The Morgan fingerprint density at radius 1 is 1.08 bits per heavy atom. The van der Waals surface area contributed by atoms with Gasteiger partial charge in [-0.25, -0.2) is 4.98 Å². The molecule has 8 nitrogen and oxygen atoms in total. The van der Waals surface area contributed by atoms with Crippen LogP contribution in [-0.2, 0) is 0 Å². The van der Waals surface area contributed by atoms with Crippen molar-refractivity contribution in [3.8, 4) is 5.75 Å². The maximum Gasteiger partial charge on any atom is 0.274 e. The van der Waals surface area contributed by atoms with Gasteiger partial charge in [0.2, 0.25) is 0 Å². The highest BCUT2D eigenvalue weighted by Crippen LogP contribution is 2.24. The average molecular weight is 511 g/mol. The first kappa shape index (κ1) is 25.1. The highest BCUT2D eigenvalue weighted by molar-refractivity contribution is 5.97. The van der Waals surface area contributed by atoms with E-state index < -0.39 is 5.56 Å². The molecule has 38 heavy (non-hydrogen) atoms. The first-order valence-corrected chi connectivity index (χ1v) is 12.5. The number of aromatic nitrogens is 2. The molecule has 2 heterocycles. The molecule has 1 fully saturated rings. The summed E-state index contributed by atoms with van der Waals surface area (Å²) in [6, 6.07) is 20.6. The van der Waals surface area contributed by atoms with Crippen molar-refractivity contribution in [3.05, 3.63) is 99.5 Å². The van der Waals surface area contributed by atoms with Gasteiger partial charge in [-0.3, -0.25) is 9.59 Å². The van der Waals surface area contributed by atoms with Gasteiger partial charge in [0.25, 0.3) is 11.5 Å². The number of nitrogens with one attached hydrogen (secondary N) is 1. The molecule has 3 aromatic carbocycles. The Labute approximate surface area is 220 Å². The summed E-state index contributed by atoms with van der Waals surface area (Å²) in [5.74, 6) is 0.404. The minimum atomic E-state index is -0.461. The van der Waals surface area contributed by atoms with E-state index in [1.165, 1.54) is 17.3 Å². The number of anilines is 1. The smallest absolute Gasteiger partial charge is 0.274 e. The van der Waals surface area contributed by atoms with Crippen molar-refractivity contribution in [3.63, 3.8) is 0 Å². The fourth-order valence-corrected chi connectivity index (χ4v) is 4.84. The molecule has 1 saturated heterocycles. The van der Waals surface area contributed by atoms with Crippen LogP contribution < -0.4 is 15.2 Å². The molecule has 1 amide bonds. The highest BCUT2D eigenvalue weighted by Gasteiger charge is 2.27. The number of methoxy groups -OCH3 is 1. The lowest BCUT2D eigenvalue weighted by molar-refractivity contribution is 0.0726. The monoisotopic (exact) mass is 510 g/mol. The number of rotatable bonds is 5. The maximum absolute atomic E-state index is 13.3. The van der Waals surface area contributed by atoms with Gasteiger partial charge >= 0.3 is 0 Å². The number of aliphatic hydroxyl groups is 1. The topological polar surface area (TPSA) is 98.8 Å². The van der Waals surface area contributed by atoms with Crippen molar-refractivity contribution in [1.82, 2.24) is 14.9 Å². The van der Waals surface area contributed by atoms with Crippen LogP contribution in [0.3, 0.4) is 0 Å². The Morgan fingerprint density at radius 3 is 2.66 bits per heavy atom. The van der Waals surface area contributed by atoms with E-state index in [9.17, 15) is 14.7 Å². The number of nitrogens with zero attached hydrogens (tertiary/aromatic N) is 3. The Hall–Kier alpha value is -4.59. The highest BCUT2D eigenvalue weighted by atomic mass is 16.5. The summed E-state index contributed by atoms with van der Waals surface area (Å²) in [5.41, 5.74) is 3.96. The molecule has 1 aliphatic heterocycles. The van der Waals surface area contributed by atoms with Crippen LogP contribution >= 0.6 is 0 Å². The van der Waals surface area contributed by atoms with E-state index in [0.29, 0.717) is 41.0 Å². The fourth-order valence-electron chi connectivity index (χ4n) is 4.84. The number of aromatic amines is 1. The molecule has 0 unspecified atom stereocenters. The summed E-state index contributed by atoms with van der Waals surface area (Å²) in [7, 11) is 1.54. The SMILES string of the molecule is COc1cccc(C(O)=Cc2nc3ccc(C(=O)N4CCN(c5cccc(C)c5)[C@H](C)C4)cc3[nH]c2=O)c1. The third-order valence-corrected chi connectivity index (χ3v) is 6.85. The van der Waals surface area contributed by atoms with Gasteiger partial charge in [0.05, 0.1) is 18.1 Å². The van der Waals surface area contributed by atoms with E-state index in [-0.39, 0.29) is 23.4 Å². The van der Waals surface area contributed by atoms with Crippen molar-refractivity contribution < 1.29 is 14.6 Å².